The molecular weight excluding hydrogens is 497 g/mol. The molecule has 0 aliphatic carbocycles. The number of alkyl halides is 3. The van der Waals surface area contributed by atoms with E-state index in [0.717, 1.165) is 17.2 Å². The third kappa shape index (κ3) is 6.18. The van der Waals surface area contributed by atoms with Gasteiger partial charge in [0.05, 0.1) is 11.3 Å². The van der Waals surface area contributed by atoms with Crippen molar-refractivity contribution in [2.75, 3.05) is 0 Å². The first-order chi connectivity index (χ1) is 18.2. The summed E-state index contributed by atoms with van der Waals surface area (Å²) < 4.78 is 46.6. The van der Waals surface area contributed by atoms with Gasteiger partial charge in [-0.05, 0) is 59.5 Å². The van der Waals surface area contributed by atoms with E-state index in [9.17, 15) is 23.2 Å². The lowest BCUT2D eigenvalue weighted by molar-refractivity contribution is -0.138. The van der Waals surface area contributed by atoms with Crippen LogP contribution < -0.4 is 4.74 Å². The number of oxime groups is 1. The monoisotopic (exact) mass is 520 g/mol. The highest BCUT2D eigenvalue weighted by atomic mass is 19.4. The number of halogens is 3. The third-order valence-electron chi connectivity index (χ3n) is 6.10. The number of benzene rings is 3. The first kappa shape index (κ1) is 26.4. The second-order valence-electron chi connectivity index (χ2n) is 8.59. The van der Waals surface area contributed by atoms with E-state index in [1.165, 1.54) is 24.3 Å². The van der Waals surface area contributed by atoms with E-state index < -0.39 is 23.8 Å². The highest BCUT2D eigenvalue weighted by Crippen LogP contribution is 2.40. The van der Waals surface area contributed by atoms with Gasteiger partial charge in [-0.15, -0.1) is 0 Å². The normalized spacial score (nSPS) is 12.7. The predicted octanol–water partition coefficient (Wildman–Crippen LogP) is 7.53. The third-order valence-corrected chi connectivity index (χ3v) is 6.10. The van der Waals surface area contributed by atoms with Gasteiger partial charge >= 0.3 is 12.3 Å². The molecule has 194 valence electrons. The van der Waals surface area contributed by atoms with Gasteiger partial charge in [-0.1, -0.05) is 59.8 Å². The van der Waals surface area contributed by atoms with Gasteiger partial charge in [0.25, 0.3) is 0 Å². The van der Waals surface area contributed by atoms with E-state index in [4.69, 9.17) is 5.11 Å². The molecule has 0 radical (unpaired) electrons. The lowest BCUT2D eigenvalue weighted by Crippen LogP contribution is -2.16. The second kappa shape index (κ2) is 11.2. The summed E-state index contributed by atoms with van der Waals surface area (Å²) in [4.78, 5) is 14.8. The van der Waals surface area contributed by atoms with Gasteiger partial charge in [0.2, 0.25) is 0 Å². The summed E-state index contributed by atoms with van der Waals surface area (Å²) >= 11 is 0. The van der Waals surface area contributed by atoms with Crippen molar-refractivity contribution in [3.8, 4) is 16.9 Å². The number of pyridine rings is 1. The van der Waals surface area contributed by atoms with Gasteiger partial charge in [-0.3, -0.25) is 4.98 Å². The molecule has 0 saturated heterocycles. The topological polar surface area (TPSA) is 92.0 Å². The Kier molecular flexibility index (Phi) is 7.76. The molecule has 0 aliphatic heterocycles. The average molecular weight is 521 g/mol. The molecule has 4 rings (SSSR count). The molecule has 38 heavy (non-hydrogen) atoms. The van der Waals surface area contributed by atoms with Gasteiger partial charge in [0.1, 0.15) is 5.75 Å². The summed E-state index contributed by atoms with van der Waals surface area (Å²) in [6, 6.07) is 22.2. The molecule has 0 spiro atoms. The summed E-state index contributed by atoms with van der Waals surface area (Å²) in [7, 11) is 0. The van der Waals surface area contributed by atoms with Gasteiger partial charge in [0.15, 0.2) is 0 Å². The molecule has 2 N–H and O–H groups in total. The van der Waals surface area contributed by atoms with Gasteiger partial charge < -0.3 is 15.1 Å². The minimum atomic E-state index is -4.57. The number of ether oxygens (including phenoxy) is 1. The zero-order valence-corrected chi connectivity index (χ0v) is 20.2. The van der Waals surface area contributed by atoms with Crippen LogP contribution in [-0.4, -0.2) is 27.2 Å². The average Bonchev–Trinajstić information content (AvgIpc) is 2.89. The van der Waals surface area contributed by atoms with Crippen molar-refractivity contribution >= 4 is 11.9 Å². The minimum absolute atomic E-state index is 0.00756. The molecule has 1 unspecified atom stereocenters. The number of nitrogens with zero attached hydrogens (tertiary/aromatic N) is 2. The molecule has 3 aromatic carbocycles. The maximum atomic E-state index is 14.0. The van der Waals surface area contributed by atoms with Crippen LogP contribution in [0, 0.1) is 6.92 Å². The van der Waals surface area contributed by atoms with Gasteiger partial charge in [-0.2, -0.15) is 13.2 Å². The van der Waals surface area contributed by atoms with Crippen LogP contribution >= 0.6 is 0 Å². The molecule has 6 nitrogen and oxygen atoms in total. The molecule has 0 fully saturated rings. The fraction of sp³-hybridized carbons (Fsp3) is 0.138. The van der Waals surface area contributed by atoms with Crippen LogP contribution in [0.4, 0.5) is 18.0 Å². The van der Waals surface area contributed by atoms with Crippen molar-refractivity contribution in [3.05, 3.63) is 119 Å². The van der Waals surface area contributed by atoms with Crippen molar-refractivity contribution in [2.24, 2.45) is 5.16 Å². The minimum Gasteiger partial charge on any atom is -0.449 e. The van der Waals surface area contributed by atoms with E-state index >= 15 is 0 Å². The molecule has 0 amide bonds. The van der Waals surface area contributed by atoms with Crippen LogP contribution in [0.15, 0.2) is 96.3 Å². The maximum Gasteiger partial charge on any atom is 0.511 e. The SMILES string of the molecule is Cc1cc(/C(CC(c2ccc(-c3ccc(OC(=O)O)cc3)cc2)c2ccccc2C(F)(F)F)=N/O)ccn1. The first-order valence-electron chi connectivity index (χ1n) is 11.6. The number of hydrogen-bond donors (Lipinski definition) is 2. The number of hydrogen-bond acceptors (Lipinski definition) is 5. The predicted molar refractivity (Wildman–Crippen MR) is 136 cm³/mol. The molecule has 0 aliphatic rings. The van der Waals surface area contributed by atoms with Crippen molar-refractivity contribution in [1.29, 1.82) is 0 Å². The fourth-order valence-corrected chi connectivity index (χ4v) is 4.33. The van der Waals surface area contributed by atoms with Crippen molar-refractivity contribution in [1.82, 2.24) is 4.98 Å². The Morgan fingerprint density at radius 3 is 2.18 bits per heavy atom. The Labute approximate surface area is 216 Å². The van der Waals surface area contributed by atoms with Crippen LogP contribution in [0.3, 0.4) is 0 Å². The quantitative estimate of drug-likeness (QED) is 0.0864. The van der Waals surface area contributed by atoms with Crippen LogP contribution in [-0.2, 0) is 6.18 Å². The van der Waals surface area contributed by atoms with E-state index in [2.05, 4.69) is 14.9 Å². The molecule has 0 bridgehead atoms. The lowest BCUT2D eigenvalue weighted by Gasteiger charge is -2.23. The van der Waals surface area contributed by atoms with Crippen LogP contribution in [0.25, 0.3) is 11.1 Å². The summed E-state index contributed by atoms with van der Waals surface area (Å²) in [5.41, 5.74) is 2.93. The first-order valence-corrected chi connectivity index (χ1v) is 11.6. The van der Waals surface area contributed by atoms with Crippen molar-refractivity contribution in [3.63, 3.8) is 0 Å². The fourth-order valence-electron chi connectivity index (χ4n) is 4.33. The Hall–Kier alpha value is -4.66. The van der Waals surface area contributed by atoms with E-state index in [1.54, 1.807) is 67.7 Å². The molecule has 0 saturated carbocycles. The molecule has 1 aromatic heterocycles. The molecule has 9 heteroatoms. The number of carboxylic acid groups (broad SMARTS) is 1. The van der Waals surface area contributed by atoms with E-state index in [-0.39, 0.29) is 23.4 Å². The Balaban J connectivity index is 1.73. The Morgan fingerprint density at radius 2 is 1.61 bits per heavy atom. The number of aromatic nitrogens is 1. The summed E-state index contributed by atoms with van der Waals surface area (Å²) in [6.07, 6.45) is -4.43. The smallest absolute Gasteiger partial charge is 0.449 e. The molecule has 4 aromatic rings. The zero-order valence-electron chi connectivity index (χ0n) is 20.2. The van der Waals surface area contributed by atoms with Crippen molar-refractivity contribution < 1.29 is 33.0 Å². The molecule has 1 atom stereocenters. The standard InChI is InChI=1S/C29H23F3N2O4/c1-18-16-22(14-15-33-18)27(34-37)17-25(24-4-2-3-5-26(24)29(30,31)32)21-8-6-19(7-9-21)20-10-12-23(13-11-20)38-28(35)36/h2-16,25,37H,17H2,1H3,(H,35,36)/b34-27+. The number of aryl methyl sites for hydroxylation is 1. The van der Waals surface area contributed by atoms with Crippen LogP contribution in [0.1, 0.15) is 40.3 Å². The zero-order chi connectivity index (χ0) is 27.3. The highest BCUT2D eigenvalue weighted by Gasteiger charge is 2.35. The Bertz CT molecular complexity index is 1450. The van der Waals surface area contributed by atoms with Crippen LogP contribution in [0.2, 0.25) is 0 Å². The van der Waals surface area contributed by atoms with Gasteiger partial charge in [0, 0.05) is 29.8 Å². The largest absolute Gasteiger partial charge is 0.511 e. The van der Waals surface area contributed by atoms with E-state index in [0.29, 0.717) is 16.8 Å². The maximum absolute atomic E-state index is 14.0. The Morgan fingerprint density at radius 1 is 0.974 bits per heavy atom. The van der Waals surface area contributed by atoms with Gasteiger partial charge in [-0.25, -0.2) is 4.79 Å². The van der Waals surface area contributed by atoms with Crippen LogP contribution in [0.5, 0.6) is 5.75 Å². The molecule has 1 heterocycles. The summed E-state index contributed by atoms with van der Waals surface area (Å²) in [6.45, 7) is 1.77. The highest BCUT2D eigenvalue weighted by molar-refractivity contribution is 6.01. The van der Waals surface area contributed by atoms with Crippen molar-refractivity contribution in [2.45, 2.75) is 25.4 Å². The lowest BCUT2D eigenvalue weighted by atomic mass is 9.82. The van der Waals surface area contributed by atoms with E-state index in [1.807, 2.05) is 0 Å². The second-order valence-corrected chi connectivity index (χ2v) is 8.59. The number of carbonyl (C=O) groups is 1. The molecular formula is C29H23F3N2O4. The summed E-state index contributed by atoms with van der Waals surface area (Å²) in [5.74, 6) is -0.601. The number of rotatable bonds is 7. The summed E-state index contributed by atoms with van der Waals surface area (Å²) in [5, 5.41) is 22.0.